The Balaban J connectivity index is 1.73. The van der Waals surface area contributed by atoms with Crippen molar-refractivity contribution in [1.29, 1.82) is 0 Å². The molecular weight excluding hydrogens is 368 g/mol. The molecule has 0 bridgehead atoms. The average Bonchev–Trinajstić information content (AvgIpc) is 2.63. The number of nitrogens with one attached hydrogen (secondary N) is 1. The van der Waals surface area contributed by atoms with Crippen molar-refractivity contribution >= 4 is 39.2 Å². The highest BCUT2D eigenvalue weighted by molar-refractivity contribution is 9.10. The summed E-state index contributed by atoms with van der Waals surface area (Å²) >= 11 is 3.36. The number of carbonyl (C=O) groups is 1. The number of carbonyl (C=O) groups excluding carboxylic acids is 1. The van der Waals surface area contributed by atoms with E-state index in [-0.39, 0.29) is 5.91 Å². The lowest BCUT2D eigenvalue weighted by Crippen LogP contribution is -2.15. The molecule has 1 aromatic heterocycles. The van der Waals surface area contributed by atoms with Gasteiger partial charge in [-0.2, -0.15) is 0 Å². The lowest BCUT2D eigenvalue weighted by molar-refractivity contribution is 0.102. The zero-order valence-electron chi connectivity index (χ0n) is 13.0. The van der Waals surface area contributed by atoms with Crippen molar-refractivity contribution in [1.82, 2.24) is 10.2 Å². The fourth-order valence-electron chi connectivity index (χ4n) is 2.18. The fourth-order valence-corrected chi connectivity index (χ4v) is 2.65. The van der Waals surface area contributed by atoms with Crippen LogP contribution in [0.5, 0.6) is 0 Å². The topological polar surface area (TPSA) is 58.1 Å². The summed E-state index contributed by atoms with van der Waals surface area (Å²) in [5.41, 5.74) is 1.56. The molecule has 0 saturated carbocycles. The number of hydrogen-bond acceptors (Lipinski definition) is 4. The summed E-state index contributed by atoms with van der Waals surface area (Å²) in [4.78, 5) is 14.2. The van der Waals surface area contributed by atoms with Crippen LogP contribution in [0.3, 0.4) is 0 Å². The first-order valence-electron chi connectivity index (χ1n) is 7.33. The summed E-state index contributed by atoms with van der Waals surface area (Å²) in [5, 5.41) is 11.0. The molecule has 6 heteroatoms. The van der Waals surface area contributed by atoms with E-state index in [9.17, 15) is 4.79 Å². The molecule has 0 aliphatic carbocycles. The Morgan fingerprint density at radius 1 is 0.958 bits per heavy atom. The molecule has 0 aliphatic rings. The van der Waals surface area contributed by atoms with Crippen LogP contribution in [0.1, 0.15) is 10.4 Å². The van der Waals surface area contributed by atoms with Crippen LogP contribution in [0.2, 0.25) is 0 Å². The Kier molecular flexibility index (Phi) is 4.86. The number of anilines is 3. The summed E-state index contributed by atoms with van der Waals surface area (Å²) in [7, 11) is 1.92. The number of hydrogen-bond donors (Lipinski definition) is 1. The minimum atomic E-state index is -0.235. The highest BCUT2D eigenvalue weighted by atomic mass is 79.9. The maximum absolute atomic E-state index is 12.3. The third-order valence-electron chi connectivity index (χ3n) is 3.50. The summed E-state index contributed by atoms with van der Waals surface area (Å²) in [5.74, 6) is 0.863. The Morgan fingerprint density at radius 3 is 2.33 bits per heavy atom. The number of rotatable bonds is 4. The Hall–Kier alpha value is -2.73. The molecule has 0 spiro atoms. The van der Waals surface area contributed by atoms with Gasteiger partial charge in [0, 0.05) is 17.2 Å². The SMILES string of the molecule is CN(c1ccccc1)c1ccc(NC(=O)c2ccccc2Br)nn1. The first-order chi connectivity index (χ1) is 11.6. The molecule has 120 valence electrons. The van der Waals surface area contributed by atoms with E-state index in [0.717, 1.165) is 10.2 Å². The third kappa shape index (κ3) is 3.60. The van der Waals surface area contributed by atoms with Crippen molar-refractivity contribution in [3.63, 3.8) is 0 Å². The summed E-state index contributed by atoms with van der Waals surface area (Å²) in [6, 6.07) is 20.6. The molecule has 1 amide bonds. The first-order valence-corrected chi connectivity index (χ1v) is 8.13. The molecule has 24 heavy (non-hydrogen) atoms. The second-order valence-electron chi connectivity index (χ2n) is 5.11. The molecular formula is C18H15BrN4O. The zero-order valence-corrected chi connectivity index (χ0v) is 14.6. The minimum absolute atomic E-state index is 0.235. The van der Waals surface area contributed by atoms with Crippen LogP contribution in [0, 0.1) is 0 Å². The highest BCUT2D eigenvalue weighted by Gasteiger charge is 2.11. The highest BCUT2D eigenvalue weighted by Crippen LogP contribution is 2.21. The van der Waals surface area contributed by atoms with Crippen LogP contribution in [0.15, 0.2) is 71.2 Å². The van der Waals surface area contributed by atoms with Crippen LogP contribution in [-0.4, -0.2) is 23.2 Å². The lowest BCUT2D eigenvalue weighted by atomic mass is 10.2. The molecule has 0 fully saturated rings. The van der Waals surface area contributed by atoms with Gasteiger partial charge in [0.1, 0.15) is 0 Å². The fraction of sp³-hybridized carbons (Fsp3) is 0.0556. The van der Waals surface area contributed by atoms with Gasteiger partial charge in [-0.15, -0.1) is 10.2 Å². The van der Waals surface area contributed by atoms with Gasteiger partial charge in [0.15, 0.2) is 11.6 Å². The van der Waals surface area contributed by atoms with Crippen LogP contribution in [0.25, 0.3) is 0 Å². The molecule has 1 heterocycles. The number of benzene rings is 2. The van der Waals surface area contributed by atoms with Gasteiger partial charge in [-0.1, -0.05) is 30.3 Å². The second kappa shape index (κ2) is 7.23. The summed E-state index contributed by atoms with van der Waals surface area (Å²) in [6.45, 7) is 0. The van der Waals surface area contributed by atoms with Crippen molar-refractivity contribution in [2.45, 2.75) is 0 Å². The van der Waals surface area contributed by atoms with Crippen LogP contribution in [0.4, 0.5) is 17.3 Å². The standard InChI is InChI=1S/C18H15BrN4O/c1-23(13-7-3-2-4-8-13)17-12-11-16(21-22-17)20-18(24)14-9-5-6-10-15(14)19/h2-12H,1H3,(H,20,21,24). The summed E-state index contributed by atoms with van der Waals surface area (Å²) < 4.78 is 0.732. The number of halogens is 1. The van der Waals surface area contributed by atoms with E-state index in [1.807, 2.05) is 66.5 Å². The molecule has 0 saturated heterocycles. The largest absolute Gasteiger partial charge is 0.328 e. The normalized spacial score (nSPS) is 10.2. The molecule has 2 aromatic carbocycles. The van der Waals surface area contributed by atoms with E-state index in [4.69, 9.17) is 0 Å². The van der Waals surface area contributed by atoms with E-state index >= 15 is 0 Å². The Morgan fingerprint density at radius 2 is 1.67 bits per heavy atom. The molecule has 3 rings (SSSR count). The van der Waals surface area contributed by atoms with Crippen LogP contribution in [-0.2, 0) is 0 Å². The van der Waals surface area contributed by atoms with Gasteiger partial charge in [-0.25, -0.2) is 0 Å². The van der Waals surface area contributed by atoms with Crippen LogP contribution >= 0.6 is 15.9 Å². The molecule has 0 atom stereocenters. The Labute approximate surface area is 148 Å². The van der Waals surface area contributed by atoms with Gasteiger partial charge in [0.25, 0.3) is 5.91 Å². The number of aromatic nitrogens is 2. The smallest absolute Gasteiger partial charge is 0.258 e. The second-order valence-corrected chi connectivity index (χ2v) is 5.96. The van der Waals surface area contributed by atoms with Gasteiger partial charge in [-0.05, 0) is 52.3 Å². The van der Waals surface area contributed by atoms with E-state index in [2.05, 4.69) is 31.4 Å². The zero-order chi connectivity index (χ0) is 16.9. The van der Waals surface area contributed by atoms with Crippen molar-refractivity contribution in [2.24, 2.45) is 0 Å². The predicted octanol–water partition coefficient (Wildman–Crippen LogP) is 4.26. The van der Waals surface area contributed by atoms with Gasteiger partial charge < -0.3 is 10.2 Å². The molecule has 0 radical (unpaired) electrons. The van der Waals surface area contributed by atoms with Crippen molar-refractivity contribution in [3.8, 4) is 0 Å². The van der Waals surface area contributed by atoms with Crippen molar-refractivity contribution in [3.05, 3.63) is 76.8 Å². The Bertz CT molecular complexity index is 837. The monoisotopic (exact) mass is 382 g/mol. The maximum Gasteiger partial charge on any atom is 0.258 e. The molecule has 0 unspecified atom stereocenters. The molecule has 1 N–H and O–H groups in total. The lowest BCUT2D eigenvalue weighted by Gasteiger charge is -2.17. The third-order valence-corrected chi connectivity index (χ3v) is 4.19. The quantitative estimate of drug-likeness (QED) is 0.732. The van der Waals surface area contributed by atoms with E-state index in [1.165, 1.54) is 0 Å². The number of amides is 1. The van der Waals surface area contributed by atoms with Gasteiger partial charge in [-0.3, -0.25) is 4.79 Å². The number of nitrogens with zero attached hydrogens (tertiary/aromatic N) is 3. The van der Waals surface area contributed by atoms with Crippen LogP contribution < -0.4 is 10.2 Å². The average molecular weight is 383 g/mol. The molecule has 3 aromatic rings. The van der Waals surface area contributed by atoms with E-state index < -0.39 is 0 Å². The van der Waals surface area contributed by atoms with Gasteiger partial charge >= 0.3 is 0 Å². The van der Waals surface area contributed by atoms with Gasteiger partial charge in [0.05, 0.1) is 5.56 Å². The summed E-state index contributed by atoms with van der Waals surface area (Å²) in [6.07, 6.45) is 0. The van der Waals surface area contributed by atoms with E-state index in [1.54, 1.807) is 12.1 Å². The van der Waals surface area contributed by atoms with E-state index in [0.29, 0.717) is 17.2 Å². The van der Waals surface area contributed by atoms with Crippen molar-refractivity contribution < 1.29 is 4.79 Å². The van der Waals surface area contributed by atoms with Gasteiger partial charge in [0.2, 0.25) is 0 Å². The first kappa shape index (κ1) is 16.1. The molecule has 0 aliphatic heterocycles. The number of para-hydroxylation sites is 1. The predicted molar refractivity (Wildman–Crippen MR) is 98.6 cm³/mol. The maximum atomic E-state index is 12.3. The van der Waals surface area contributed by atoms with Crippen molar-refractivity contribution in [2.75, 3.05) is 17.3 Å². The minimum Gasteiger partial charge on any atom is -0.328 e. The molecule has 5 nitrogen and oxygen atoms in total.